The van der Waals surface area contributed by atoms with Crippen molar-refractivity contribution in [2.75, 3.05) is 22.0 Å². The van der Waals surface area contributed by atoms with E-state index >= 15 is 0 Å². The maximum atomic E-state index is 12.8. The topological polar surface area (TPSA) is 70.7 Å². The van der Waals surface area contributed by atoms with Gasteiger partial charge in [0.1, 0.15) is 5.75 Å². The smallest absolute Gasteiger partial charge is 0.336 e. The monoisotopic (exact) mass is 509 g/mol. The zero-order valence-corrected chi connectivity index (χ0v) is 20.1. The molecule has 0 aliphatic heterocycles. The van der Waals surface area contributed by atoms with Gasteiger partial charge in [0.05, 0.1) is 12.8 Å². The van der Waals surface area contributed by atoms with Crippen LogP contribution in [0.4, 0.5) is 21.9 Å². The van der Waals surface area contributed by atoms with Crippen molar-refractivity contribution in [3.63, 3.8) is 0 Å². The van der Waals surface area contributed by atoms with Crippen molar-refractivity contribution in [1.29, 1.82) is 0 Å². The van der Waals surface area contributed by atoms with Crippen molar-refractivity contribution in [2.24, 2.45) is 0 Å². The number of nitrogens with one attached hydrogen (secondary N) is 2. The van der Waals surface area contributed by atoms with Gasteiger partial charge in [0.2, 0.25) is 0 Å². The Labute approximate surface area is 206 Å². The highest BCUT2D eigenvalue weighted by Crippen LogP contribution is 2.32. The van der Waals surface area contributed by atoms with E-state index in [0.29, 0.717) is 32.2 Å². The number of aryl methyl sites for hydroxylation is 1. The lowest BCUT2D eigenvalue weighted by molar-refractivity contribution is 0.102. The largest absolute Gasteiger partial charge is 0.495 e. The third-order valence-corrected chi connectivity index (χ3v) is 5.65. The van der Waals surface area contributed by atoms with Crippen molar-refractivity contribution < 1.29 is 14.3 Å². The second-order valence-corrected chi connectivity index (χ2v) is 8.38. The molecule has 0 fully saturated rings. The third kappa shape index (κ3) is 5.81. The maximum Gasteiger partial charge on any atom is 0.336 e. The minimum absolute atomic E-state index is 0.260. The van der Waals surface area contributed by atoms with Gasteiger partial charge in [-0.1, -0.05) is 53.7 Å². The van der Waals surface area contributed by atoms with Gasteiger partial charge in [-0.05, 0) is 61.0 Å². The predicted octanol–water partition coefficient (Wildman–Crippen LogP) is 7.10. The van der Waals surface area contributed by atoms with Crippen molar-refractivity contribution in [3.05, 3.63) is 80.8 Å². The second-order valence-electron chi connectivity index (χ2n) is 6.70. The Morgan fingerprint density at radius 1 is 0.906 bits per heavy atom. The first-order valence-corrected chi connectivity index (χ1v) is 10.7. The molecule has 3 amide bonds. The van der Waals surface area contributed by atoms with Gasteiger partial charge in [-0.2, -0.15) is 0 Å². The fourth-order valence-electron chi connectivity index (χ4n) is 2.78. The molecule has 0 spiro atoms. The number of halogens is 3. The number of hydrogen-bond acceptors (Lipinski definition) is 4. The number of benzene rings is 3. The van der Waals surface area contributed by atoms with Crippen LogP contribution in [0.3, 0.4) is 0 Å². The van der Waals surface area contributed by atoms with Gasteiger partial charge >= 0.3 is 6.03 Å². The van der Waals surface area contributed by atoms with E-state index in [1.807, 2.05) is 6.92 Å². The first-order chi connectivity index (χ1) is 15.2. The predicted molar refractivity (Wildman–Crippen MR) is 134 cm³/mol. The lowest BCUT2D eigenvalue weighted by Crippen LogP contribution is -2.27. The first kappa shape index (κ1) is 24.1. The van der Waals surface area contributed by atoms with Crippen molar-refractivity contribution in [3.8, 4) is 5.75 Å². The Morgan fingerprint density at radius 2 is 1.59 bits per heavy atom. The summed E-state index contributed by atoms with van der Waals surface area (Å²) in [6.45, 7) is 1.87. The van der Waals surface area contributed by atoms with Gasteiger partial charge in [0.25, 0.3) is 5.91 Å². The number of thiol groups is 1. The fourth-order valence-corrected chi connectivity index (χ4v) is 3.70. The average Bonchev–Trinajstić information content (AvgIpc) is 2.74. The Morgan fingerprint density at radius 3 is 2.22 bits per heavy atom. The zero-order valence-electron chi connectivity index (χ0n) is 16.9. The van der Waals surface area contributed by atoms with Crippen LogP contribution in [-0.2, 0) is 0 Å². The van der Waals surface area contributed by atoms with Gasteiger partial charge in [0, 0.05) is 32.0 Å². The summed E-state index contributed by atoms with van der Waals surface area (Å²) in [5.74, 6) is -0.0493. The molecule has 0 radical (unpaired) electrons. The summed E-state index contributed by atoms with van der Waals surface area (Å²) < 4.78 is 6.35. The van der Waals surface area contributed by atoms with E-state index in [0.717, 1.165) is 9.87 Å². The highest BCUT2D eigenvalue weighted by molar-refractivity contribution is 7.82. The van der Waals surface area contributed by atoms with Crippen LogP contribution in [0.5, 0.6) is 5.75 Å². The molecule has 6 nitrogen and oxygen atoms in total. The highest BCUT2D eigenvalue weighted by atomic mass is 35.5. The average molecular weight is 511 g/mol. The summed E-state index contributed by atoms with van der Waals surface area (Å²) in [7, 11) is 1.45. The first-order valence-electron chi connectivity index (χ1n) is 9.19. The SMILES string of the molecule is COc1ccc(C(=O)Nc2ccc(C)c(Cl)c2)cc1N(S)C(=O)Nc1cc(Cl)cc(Cl)c1. The number of amides is 3. The van der Waals surface area contributed by atoms with E-state index in [9.17, 15) is 9.59 Å². The van der Waals surface area contributed by atoms with Gasteiger partial charge in [0.15, 0.2) is 0 Å². The molecule has 10 heteroatoms. The van der Waals surface area contributed by atoms with Gasteiger partial charge in [-0.15, -0.1) is 0 Å². The number of carbonyl (C=O) groups is 2. The number of methoxy groups -OCH3 is 1. The van der Waals surface area contributed by atoms with Crippen LogP contribution >= 0.6 is 47.6 Å². The van der Waals surface area contributed by atoms with Crippen LogP contribution < -0.4 is 19.7 Å². The maximum absolute atomic E-state index is 12.8. The number of carbonyl (C=O) groups excluding carboxylic acids is 2. The molecule has 3 aromatic carbocycles. The van der Waals surface area contributed by atoms with Crippen molar-refractivity contribution in [1.82, 2.24) is 0 Å². The molecule has 0 aromatic heterocycles. The molecule has 32 heavy (non-hydrogen) atoms. The standard InChI is InChI=1S/C22H18Cl3N3O3S/c1-12-3-5-16(11-18(12)25)26-21(29)13-4-6-20(31-2)19(7-13)28(32)22(30)27-17-9-14(23)8-15(24)10-17/h3-11,32H,1-2H3,(H,26,29)(H,27,30). The second kappa shape index (κ2) is 10.4. The molecule has 2 N–H and O–H groups in total. The summed E-state index contributed by atoms with van der Waals surface area (Å²) in [4.78, 5) is 25.5. The Kier molecular flexibility index (Phi) is 7.79. The Balaban J connectivity index is 1.83. The van der Waals surface area contributed by atoms with E-state index < -0.39 is 11.9 Å². The Hall–Kier alpha value is -2.58. The minimum atomic E-state index is -0.604. The summed E-state index contributed by atoms with van der Waals surface area (Å²) in [5, 5.41) is 6.69. The molecule has 3 rings (SSSR count). The van der Waals surface area contributed by atoms with E-state index in [2.05, 4.69) is 23.4 Å². The summed E-state index contributed by atoms with van der Waals surface area (Å²) in [5.41, 5.74) is 2.37. The number of ether oxygens (including phenoxy) is 1. The van der Waals surface area contributed by atoms with Crippen LogP contribution in [0.25, 0.3) is 0 Å². The number of nitrogens with zero attached hydrogens (tertiary/aromatic N) is 1. The van der Waals surface area contributed by atoms with E-state index in [1.165, 1.54) is 13.2 Å². The zero-order chi connectivity index (χ0) is 23.4. The third-order valence-electron chi connectivity index (χ3n) is 4.41. The van der Waals surface area contributed by atoms with Crippen LogP contribution in [-0.4, -0.2) is 19.0 Å². The molecule has 0 heterocycles. The normalized spacial score (nSPS) is 10.4. The van der Waals surface area contributed by atoms with Gasteiger partial charge in [-0.25, -0.2) is 9.10 Å². The van der Waals surface area contributed by atoms with E-state index in [-0.39, 0.29) is 11.3 Å². The summed E-state index contributed by atoms with van der Waals surface area (Å²) in [6, 6.07) is 13.9. The molecular formula is C22H18Cl3N3O3S. The molecule has 0 aliphatic rings. The van der Waals surface area contributed by atoms with Gasteiger partial charge < -0.3 is 15.4 Å². The van der Waals surface area contributed by atoms with Crippen molar-refractivity contribution in [2.45, 2.75) is 6.92 Å². The molecule has 0 saturated carbocycles. The molecule has 3 aromatic rings. The van der Waals surface area contributed by atoms with E-state index in [1.54, 1.807) is 48.5 Å². The van der Waals surface area contributed by atoms with Crippen LogP contribution in [0.1, 0.15) is 15.9 Å². The van der Waals surface area contributed by atoms with Gasteiger partial charge in [-0.3, -0.25) is 4.79 Å². The molecule has 0 unspecified atom stereocenters. The number of anilines is 3. The molecule has 0 atom stereocenters. The van der Waals surface area contributed by atoms with Crippen LogP contribution in [0.15, 0.2) is 54.6 Å². The molecule has 0 aliphatic carbocycles. The summed E-state index contributed by atoms with van der Waals surface area (Å²) in [6.07, 6.45) is 0. The quantitative estimate of drug-likeness (QED) is 0.321. The number of rotatable bonds is 5. The van der Waals surface area contributed by atoms with E-state index in [4.69, 9.17) is 39.5 Å². The molecule has 0 bridgehead atoms. The molecule has 0 saturated heterocycles. The Bertz CT molecular complexity index is 1170. The molecule has 166 valence electrons. The lowest BCUT2D eigenvalue weighted by Gasteiger charge is -2.20. The van der Waals surface area contributed by atoms with Crippen LogP contribution in [0, 0.1) is 6.92 Å². The fraction of sp³-hybridized carbons (Fsp3) is 0.0909. The lowest BCUT2D eigenvalue weighted by atomic mass is 10.1. The number of hydrogen-bond donors (Lipinski definition) is 3. The minimum Gasteiger partial charge on any atom is -0.495 e. The highest BCUT2D eigenvalue weighted by Gasteiger charge is 2.20. The summed E-state index contributed by atoms with van der Waals surface area (Å²) >= 11 is 22.4. The van der Waals surface area contributed by atoms with Crippen LogP contribution in [0.2, 0.25) is 15.1 Å². The number of urea groups is 1. The van der Waals surface area contributed by atoms with Crippen molar-refractivity contribution >= 4 is 76.6 Å². The molecular weight excluding hydrogens is 493 g/mol.